The van der Waals surface area contributed by atoms with Crippen LogP contribution >= 0.6 is 11.3 Å². The molecule has 1 heterocycles. The topological polar surface area (TPSA) is 46.2 Å². The van der Waals surface area contributed by atoms with Crippen LogP contribution in [0.2, 0.25) is 0 Å². The van der Waals surface area contributed by atoms with E-state index in [9.17, 15) is 8.42 Å². The van der Waals surface area contributed by atoms with Crippen LogP contribution in [-0.2, 0) is 16.4 Å². The van der Waals surface area contributed by atoms with Crippen LogP contribution in [0, 0.1) is 6.92 Å². The van der Waals surface area contributed by atoms with Gasteiger partial charge in [-0.05, 0) is 23.9 Å². The summed E-state index contributed by atoms with van der Waals surface area (Å²) >= 11 is 1.70. The van der Waals surface area contributed by atoms with Gasteiger partial charge in [0.25, 0.3) is 0 Å². The highest BCUT2D eigenvalue weighted by atomic mass is 32.2. The summed E-state index contributed by atoms with van der Waals surface area (Å²) in [5.41, 5.74) is 1.27. The summed E-state index contributed by atoms with van der Waals surface area (Å²) in [4.78, 5) is 1.28. The fourth-order valence-corrected chi connectivity index (χ4v) is 2.78. The van der Waals surface area contributed by atoms with E-state index in [1.807, 2.05) is 0 Å². The quantitative estimate of drug-likeness (QED) is 0.776. The van der Waals surface area contributed by atoms with E-state index in [1.54, 1.807) is 18.3 Å². The zero-order valence-electron chi connectivity index (χ0n) is 9.12. The van der Waals surface area contributed by atoms with Crippen molar-refractivity contribution in [2.45, 2.75) is 20.4 Å². The van der Waals surface area contributed by atoms with Crippen molar-refractivity contribution < 1.29 is 8.42 Å². The van der Waals surface area contributed by atoms with Crippen LogP contribution < -0.4 is 5.32 Å². The third-order valence-electron chi connectivity index (χ3n) is 2.28. The number of aryl methyl sites for hydroxylation is 1. The Kier molecular flexibility index (Phi) is 4.76. The van der Waals surface area contributed by atoms with E-state index in [4.69, 9.17) is 0 Å². The summed E-state index contributed by atoms with van der Waals surface area (Å²) < 4.78 is 22.4. The first-order valence-electron chi connectivity index (χ1n) is 4.99. The van der Waals surface area contributed by atoms with Gasteiger partial charge in [0.15, 0.2) is 9.84 Å². The van der Waals surface area contributed by atoms with Crippen LogP contribution in [0.1, 0.15) is 17.4 Å². The van der Waals surface area contributed by atoms with Gasteiger partial charge in [-0.25, -0.2) is 8.42 Å². The third kappa shape index (κ3) is 4.32. The Morgan fingerprint density at radius 1 is 1.47 bits per heavy atom. The van der Waals surface area contributed by atoms with Crippen molar-refractivity contribution >= 4 is 21.2 Å². The molecule has 0 bridgehead atoms. The standard InChI is InChI=1S/C10H17NO2S2/c1-3-15(12,13)7-5-11-8-10-9(2)4-6-14-10/h4,6,11H,3,5,7-8H2,1-2H3. The van der Waals surface area contributed by atoms with Gasteiger partial charge >= 0.3 is 0 Å². The first kappa shape index (κ1) is 12.7. The molecule has 0 saturated carbocycles. The number of hydrogen-bond donors (Lipinski definition) is 1. The van der Waals surface area contributed by atoms with Gasteiger partial charge in [0.05, 0.1) is 5.75 Å². The Morgan fingerprint density at radius 2 is 2.20 bits per heavy atom. The van der Waals surface area contributed by atoms with E-state index >= 15 is 0 Å². The third-order valence-corrected chi connectivity index (χ3v) is 5.01. The van der Waals surface area contributed by atoms with Gasteiger partial charge in [0.2, 0.25) is 0 Å². The molecule has 0 aliphatic rings. The molecule has 0 fully saturated rings. The molecule has 1 aromatic rings. The lowest BCUT2D eigenvalue weighted by Gasteiger charge is -2.04. The van der Waals surface area contributed by atoms with Crippen LogP contribution in [0.4, 0.5) is 0 Å². The fraction of sp³-hybridized carbons (Fsp3) is 0.600. The number of thiophene rings is 1. The van der Waals surface area contributed by atoms with Gasteiger partial charge in [0.1, 0.15) is 0 Å². The van der Waals surface area contributed by atoms with Crippen molar-refractivity contribution in [3.63, 3.8) is 0 Å². The van der Waals surface area contributed by atoms with E-state index in [1.165, 1.54) is 10.4 Å². The smallest absolute Gasteiger partial charge is 0.151 e. The van der Waals surface area contributed by atoms with Crippen LogP contribution in [0.5, 0.6) is 0 Å². The molecule has 0 unspecified atom stereocenters. The molecule has 0 aromatic carbocycles. The molecule has 1 rings (SSSR count). The van der Waals surface area contributed by atoms with Crippen molar-refractivity contribution in [2.24, 2.45) is 0 Å². The molecule has 0 spiro atoms. The molecule has 0 atom stereocenters. The van der Waals surface area contributed by atoms with Gasteiger partial charge in [-0.1, -0.05) is 6.92 Å². The monoisotopic (exact) mass is 247 g/mol. The summed E-state index contributed by atoms with van der Waals surface area (Å²) in [6.07, 6.45) is 0. The molecule has 0 aliphatic carbocycles. The Balaban J connectivity index is 2.26. The van der Waals surface area contributed by atoms with Crippen molar-refractivity contribution in [3.05, 3.63) is 21.9 Å². The second-order valence-corrected chi connectivity index (χ2v) is 6.91. The number of rotatable bonds is 6. The minimum Gasteiger partial charge on any atom is -0.311 e. The van der Waals surface area contributed by atoms with E-state index < -0.39 is 9.84 Å². The predicted molar refractivity (Wildman–Crippen MR) is 65.1 cm³/mol. The summed E-state index contributed by atoms with van der Waals surface area (Å²) in [5, 5.41) is 5.20. The van der Waals surface area contributed by atoms with Gasteiger partial charge in [-0.2, -0.15) is 0 Å². The second kappa shape index (κ2) is 5.63. The maximum Gasteiger partial charge on any atom is 0.151 e. The molecule has 0 aliphatic heterocycles. The lowest BCUT2D eigenvalue weighted by Crippen LogP contribution is -2.23. The lowest BCUT2D eigenvalue weighted by molar-refractivity contribution is 0.592. The SMILES string of the molecule is CCS(=O)(=O)CCNCc1sccc1C. The minimum atomic E-state index is -2.83. The van der Waals surface area contributed by atoms with E-state index in [2.05, 4.69) is 23.7 Å². The molecule has 86 valence electrons. The normalized spacial score (nSPS) is 11.9. The fourth-order valence-electron chi connectivity index (χ4n) is 1.16. The summed E-state index contributed by atoms with van der Waals surface area (Å²) in [5.74, 6) is 0.459. The summed E-state index contributed by atoms with van der Waals surface area (Å²) in [6, 6.07) is 2.07. The molecule has 1 N–H and O–H groups in total. The van der Waals surface area contributed by atoms with Crippen LogP contribution in [-0.4, -0.2) is 26.5 Å². The average molecular weight is 247 g/mol. The molecule has 0 amide bonds. The van der Waals surface area contributed by atoms with Crippen LogP contribution in [0.15, 0.2) is 11.4 Å². The van der Waals surface area contributed by atoms with Gasteiger partial charge < -0.3 is 5.32 Å². The Hall–Kier alpha value is -0.390. The van der Waals surface area contributed by atoms with Gasteiger partial charge in [0, 0.05) is 23.7 Å². The first-order valence-corrected chi connectivity index (χ1v) is 7.69. The average Bonchev–Trinajstić information content (AvgIpc) is 2.59. The van der Waals surface area contributed by atoms with Crippen molar-refractivity contribution in [1.82, 2.24) is 5.32 Å². The van der Waals surface area contributed by atoms with Crippen molar-refractivity contribution in [1.29, 1.82) is 0 Å². The molecule has 0 radical (unpaired) electrons. The number of sulfone groups is 1. The minimum absolute atomic E-state index is 0.229. The summed E-state index contributed by atoms with van der Waals surface area (Å²) in [6.45, 7) is 5.05. The number of hydrogen-bond acceptors (Lipinski definition) is 4. The second-order valence-electron chi connectivity index (χ2n) is 3.44. The van der Waals surface area contributed by atoms with Gasteiger partial charge in [-0.15, -0.1) is 11.3 Å². The van der Waals surface area contributed by atoms with Crippen molar-refractivity contribution in [2.75, 3.05) is 18.1 Å². The molecular weight excluding hydrogens is 230 g/mol. The molecular formula is C10H17NO2S2. The summed E-state index contributed by atoms with van der Waals surface area (Å²) in [7, 11) is -2.83. The predicted octanol–water partition coefficient (Wildman–Crippen LogP) is 1.58. The largest absolute Gasteiger partial charge is 0.311 e. The zero-order valence-corrected chi connectivity index (χ0v) is 10.7. The molecule has 1 aromatic heterocycles. The maximum atomic E-state index is 11.2. The van der Waals surface area contributed by atoms with E-state index in [0.29, 0.717) is 6.54 Å². The molecule has 3 nitrogen and oxygen atoms in total. The van der Waals surface area contributed by atoms with Crippen LogP contribution in [0.25, 0.3) is 0 Å². The molecule has 0 saturated heterocycles. The van der Waals surface area contributed by atoms with E-state index in [0.717, 1.165) is 6.54 Å². The van der Waals surface area contributed by atoms with Crippen molar-refractivity contribution in [3.8, 4) is 0 Å². The maximum absolute atomic E-state index is 11.2. The lowest BCUT2D eigenvalue weighted by atomic mass is 10.3. The Morgan fingerprint density at radius 3 is 2.73 bits per heavy atom. The van der Waals surface area contributed by atoms with Gasteiger partial charge in [-0.3, -0.25) is 0 Å². The zero-order chi connectivity index (χ0) is 11.3. The number of nitrogens with one attached hydrogen (secondary N) is 1. The van der Waals surface area contributed by atoms with E-state index in [-0.39, 0.29) is 11.5 Å². The highest BCUT2D eigenvalue weighted by molar-refractivity contribution is 7.91. The highest BCUT2D eigenvalue weighted by Crippen LogP contribution is 2.14. The first-order chi connectivity index (χ1) is 7.05. The Labute approximate surface area is 95.4 Å². The molecule has 5 heteroatoms. The molecule has 15 heavy (non-hydrogen) atoms. The Bertz CT molecular complexity index is 395. The van der Waals surface area contributed by atoms with Crippen LogP contribution in [0.3, 0.4) is 0 Å². The highest BCUT2D eigenvalue weighted by Gasteiger charge is 2.06.